The molecule has 0 fully saturated rings. The lowest BCUT2D eigenvalue weighted by atomic mass is 10.1. The number of fused-ring (bicyclic) bond motifs is 1. The molecule has 16 heavy (non-hydrogen) atoms. The maximum absolute atomic E-state index is 11.4. The number of carbonyl (C=O) groups excluding carboxylic acids is 1. The Hall–Kier alpha value is -1.35. The Morgan fingerprint density at radius 2 is 2.25 bits per heavy atom. The van der Waals surface area contributed by atoms with Gasteiger partial charge in [0.2, 0.25) is 0 Å². The molecule has 0 aliphatic rings. The Bertz CT molecular complexity index is 514. The fraction of sp³-hybridized carbons (Fsp3) is 0.308. The van der Waals surface area contributed by atoms with Crippen LogP contribution >= 0.6 is 11.3 Å². The van der Waals surface area contributed by atoms with Crippen molar-refractivity contribution in [3.05, 3.63) is 34.7 Å². The number of carbonyl (C=O) groups is 1. The second kappa shape index (κ2) is 4.66. The van der Waals surface area contributed by atoms with Crippen molar-refractivity contribution in [2.24, 2.45) is 0 Å². The fourth-order valence-electron chi connectivity index (χ4n) is 1.70. The summed E-state index contributed by atoms with van der Waals surface area (Å²) in [5, 5.41) is 3.22. The van der Waals surface area contributed by atoms with E-state index in [4.69, 9.17) is 4.74 Å². The van der Waals surface area contributed by atoms with Crippen molar-refractivity contribution in [1.29, 1.82) is 0 Å². The van der Waals surface area contributed by atoms with Crippen molar-refractivity contribution in [3.63, 3.8) is 0 Å². The van der Waals surface area contributed by atoms with Gasteiger partial charge >= 0.3 is 5.97 Å². The molecule has 0 aliphatic carbocycles. The van der Waals surface area contributed by atoms with E-state index >= 15 is 0 Å². The zero-order valence-electron chi connectivity index (χ0n) is 9.45. The van der Waals surface area contributed by atoms with Gasteiger partial charge in [0.25, 0.3) is 0 Å². The van der Waals surface area contributed by atoms with Crippen LogP contribution in [0.1, 0.15) is 18.1 Å². The molecular formula is C13H14O2S. The van der Waals surface area contributed by atoms with Crippen molar-refractivity contribution < 1.29 is 9.53 Å². The molecule has 2 rings (SSSR count). The maximum Gasteiger partial charge on any atom is 0.310 e. The molecule has 0 saturated carbocycles. The topological polar surface area (TPSA) is 26.3 Å². The number of rotatable bonds is 3. The Labute approximate surface area is 98.9 Å². The molecule has 0 saturated heterocycles. The highest BCUT2D eigenvalue weighted by molar-refractivity contribution is 7.17. The summed E-state index contributed by atoms with van der Waals surface area (Å²) < 4.78 is 6.19. The summed E-state index contributed by atoms with van der Waals surface area (Å²) in [5.41, 5.74) is 2.29. The average molecular weight is 234 g/mol. The third-order valence-corrected chi connectivity index (χ3v) is 3.46. The number of benzene rings is 1. The summed E-state index contributed by atoms with van der Waals surface area (Å²) in [6, 6.07) is 6.32. The highest BCUT2D eigenvalue weighted by atomic mass is 32.1. The molecule has 84 valence electrons. The number of ether oxygens (including phenoxy) is 1. The summed E-state index contributed by atoms with van der Waals surface area (Å²) in [7, 11) is 0. The average Bonchev–Trinajstić information content (AvgIpc) is 2.61. The van der Waals surface area contributed by atoms with E-state index < -0.39 is 0 Å². The van der Waals surface area contributed by atoms with Gasteiger partial charge in [-0.15, -0.1) is 11.3 Å². The van der Waals surface area contributed by atoms with Gasteiger partial charge in [-0.3, -0.25) is 4.79 Å². The first-order valence-electron chi connectivity index (χ1n) is 5.33. The number of aryl methyl sites for hydroxylation is 1. The molecule has 0 radical (unpaired) electrons. The standard InChI is InChI=1S/C13H14O2S/c1-3-15-13(14)7-10-8-16-12-5-4-9(2)6-11(10)12/h4-6,8H,3,7H2,1-2H3. The van der Waals surface area contributed by atoms with Gasteiger partial charge in [-0.1, -0.05) is 17.7 Å². The van der Waals surface area contributed by atoms with Gasteiger partial charge in [-0.2, -0.15) is 0 Å². The number of hydrogen-bond acceptors (Lipinski definition) is 3. The monoisotopic (exact) mass is 234 g/mol. The van der Waals surface area contributed by atoms with Crippen LogP contribution in [-0.2, 0) is 16.0 Å². The van der Waals surface area contributed by atoms with Crippen molar-refractivity contribution in [3.8, 4) is 0 Å². The first-order chi connectivity index (χ1) is 7.70. The molecule has 1 aromatic heterocycles. The van der Waals surface area contributed by atoms with E-state index in [9.17, 15) is 4.79 Å². The lowest BCUT2D eigenvalue weighted by molar-refractivity contribution is -0.142. The van der Waals surface area contributed by atoms with E-state index in [-0.39, 0.29) is 5.97 Å². The van der Waals surface area contributed by atoms with Gasteiger partial charge in [0.1, 0.15) is 0 Å². The molecular weight excluding hydrogens is 220 g/mol. The number of thiophene rings is 1. The highest BCUT2D eigenvalue weighted by Gasteiger charge is 2.09. The van der Waals surface area contributed by atoms with Gasteiger partial charge in [0.15, 0.2) is 0 Å². The second-order valence-corrected chi connectivity index (χ2v) is 4.65. The van der Waals surface area contributed by atoms with E-state index in [2.05, 4.69) is 25.1 Å². The molecule has 0 amide bonds. The molecule has 0 aliphatic heterocycles. The second-order valence-electron chi connectivity index (χ2n) is 3.74. The normalized spacial score (nSPS) is 10.6. The maximum atomic E-state index is 11.4. The predicted octanol–water partition coefficient (Wildman–Crippen LogP) is 3.32. The molecule has 1 aromatic carbocycles. The highest BCUT2D eigenvalue weighted by Crippen LogP contribution is 2.27. The first kappa shape index (κ1) is 11.1. The zero-order chi connectivity index (χ0) is 11.5. The van der Waals surface area contributed by atoms with Gasteiger partial charge in [-0.05, 0) is 36.2 Å². The van der Waals surface area contributed by atoms with Crippen LogP contribution in [-0.4, -0.2) is 12.6 Å². The summed E-state index contributed by atoms with van der Waals surface area (Å²) in [5.74, 6) is -0.149. The largest absolute Gasteiger partial charge is 0.466 e. The lowest BCUT2D eigenvalue weighted by Crippen LogP contribution is -2.06. The summed E-state index contributed by atoms with van der Waals surface area (Å²) in [4.78, 5) is 11.4. The van der Waals surface area contributed by atoms with Crippen LogP contribution < -0.4 is 0 Å². The molecule has 0 unspecified atom stereocenters. The van der Waals surface area contributed by atoms with Gasteiger partial charge < -0.3 is 4.74 Å². The summed E-state index contributed by atoms with van der Waals surface area (Å²) in [6.07, 6.45) is 0.372. The minimum atomic E-state index is -0.149. The van der Waals surface area contributed by atoms with E-state index in [0.717, 1.165) is 5.56 Å². The van der Waals surface area contributed by atoms with Crippen molar-refractivity contribution in [2.45, 2.75) is 20.3 Å². The van der Waals surface area contributed by atoms with E-state index in [1.807, 2.05) is 12.3 Å². The van der Waals surface area contributed by atoms with Crippen LogP contribution in [0, 0.1) is 6.92 Å². The molecule has 2 nitrogen and oxygen atoms in total. The van der Waals surface area contributed by atoms with Gasteiger partial charge in [0.05, 0.1) is 13.0 Å². The smallest absolute Gasteiger partial charge is 0.310 e. The molecule has 0 N–H and O–H groups in total. The molecule has 3 heteroatoms. The van der Waals surface area contributed by atoms with Crippen LogP contribution in [0.15, 0.2) is 23.6 Å². The Morgan fingerprint density at radius 1 is 1.44 bits per heavy atom. The van der Waals surface area contributed by atoms with Crippen molar-refractivity contribution in [2.75, 3.05) is 6.61 Å². The van der Waals surface area contributed by atoms with E-state index in [1.165, 1.54) is 15.6 Å². The van der Waals surface area contributed by atoms with Crippen molar-refractivity contribution in [1.82, 2.24) is 0 Å². The third-order valence-electron chi connectivity index (χ3n) is 2.45. The molecule has 0 bridgehead atoms. The number of esters is 1. The summed E-state index contributed by atoms with van der Waals surface area (Å²) in [6.45, 7) is 4.33. The van der Waals surface area contributed by atoms with Gasteiger partial charge in [0, 0.05) is 4.70 Å². The van der Waals surface area contributed by atoms with Crippen LogP contribution in [0.3, 0.4) is 0 Å². The molecule has 2 aromatic rings. The molecule has 0 atom stereocenters. The minimum absolute atomic E-state index is 0.149. The van der Waals surface area contributed by atoms with Crippen molar-refractivity contribution >= 4 is 27.4 Å². The molecule has 1 heterocycles. The summed E-state index contributed by atoms with van der Waals surface area (Å²) >= 11 is 1.67. The van der Waals surface area contributed by atoms with E-state index in [1.54, 1.807) is 11.3 Å². The van der Waals surface area contributed by atoms with Gasteiger partial charge in [-0.25, -0.2) is 0 Å². The SMILES string of the molecule is CCOC(=O)Cc1csc2ccc(C)cc12. The quantitative estimate of drug-likeness (QED) is 0.761. The minimum Gasteiger partial charge on any atom is -0.466 e. The molecule has 0 spiro atoms. The predicted molar refractivity (Wildman–Crippen MR) is 66.9 cm³/mol. The fourth-order valence-corrected chi connectivity index (χ4v) is 2.64. The lowest BCUT2D eigenvalue weighted by Gasteiger charge is -2.01. The van der Waals surface area contributed by atoms with Crippen LogP contribution in [0.25, 0.3) is 10.1 Å². The Kier molecular flexibility index (Phi) is 3.25. The first-order valence-corrected chi connectivity index (χ1v) is 6.21. The van der Waals surface area contributed by atoms with Crippen LogP contribution in [0.2, 0.25) is 0 Å². The van der Waals surface area contributed by atoms with E-state index in [0.29, 0.717) is 13.0 Å². The Morgan fingerprint density at radius 3 is 3.00 bits per heavy atom. The van der Waals surface area contributed by atoms with Crippen LogP contribution in [0.5, 0.6) is 0 Å². The third kappa shape index (κ3) is 2.25. The number of hydrogen-bond donors (Lipinski definition) is 0. The van der Waals surface area contributed by atoms with Crippen LogP contribution in [0.4, 0.5) is 0 Å². The Balaban J connectivity index is 2.30. The zero-order valence-corrected chi connectivity index (χ0v) is 10.3.